The van der Waals surface area contributed by atoms with Gasteiger partial charge < -0.3 is 10.2 Å². The Kier molecular flexibility index (Phi) is 8.56. The van der Waals surface area contributed by atoms with Crippen LogP contribution in [-0.2, 0) is 4.79 Å². The lowest BCUT2D eigenvalue weighted by molar-refractivity contribution is -0.132. The van der Waals surface area contributed by atoms with Crippen molar-refractivity contribution in [2.75, 3.05) is 0 Å². The van der Waals surface area contributed by atoms with E-state index < -0.39 is 11.6 Å². The second-order valence-corrected chi connectivity index (χ2v) is 11.5. The Labute approximate surface area is 195 Å². The van der Waals surface area contributed by atoms with Gasteiger partial charge in [-0.25, -0.2) is 4.79 Å². The van der Waals surface area contributed by atoms with E-state index in [1.807, 2.05) is 30.3 Å². The van der Waals surface area contributed by atoms with E-state index in [0.717, 1.165) is 29.6 Å². The Morgan fingerprint density at radius 1 is 0.938 bits per heavy atom. The van der Waals surface area contributed by atoms with Crippen molar-refractivity contribution >= 4 is 11.5 Å². The van der Waals surface area contributed by atoms with E-state index in [0.29, 0.717) is 12.0 Å². The molecule has 3 heteroatoms. The average Bonchev–Trinajstić information content (AvgIpc) is 2.68. The van der Waals surface area contributed by atoms with E-state index in [1.54, 1.807) is 6.08 Å². The molecule has 0 bridgehead atoms. The second kappa shape index (κ2) is 10.4. The van der Waals surface area contributed by atoms with E-state index >= 15 is 0 Å². The molecule has 3 nitrogen and oxygen atoms in total. The van der Waals surface area contributed by atoms with E-state index in [1.165, 1.54) is 25.7 Å². The number of benzene rings is 1. The highest BCUT2D eigenvalue weighted by atomic mass is 16.4. The van der Waals surface area contributed by atoms with Gasteiger partial charge in [0.05, 0.1) is 11.2 Å². The van der Waals surface area contributed by atoms with Crippen LogP contribution in [0.3, 0.4) is 0 Å². The molecule has 0 fully saturated rings. The molecule has 2 atom stereocenters. The molecular formula is C29H44O3. The van der Waals surface area contributed by atoms with Crippen molar-refractivity contribution in [1.82, 2.24) is 0 Å². The summed E-state index contributed by atoms with van der Waals surface area (Å²) in [5.41, 5.74) is 1.04. The van der Waals surface area contributed by atoms with Crippen molar-refractivity contribution < 1.29 is 15.0 Å². The molecule has 2 N–H and O–H groups in total. The third-order valence-electron chi connectivity index (χ3n) is 6.71. The smallest absolute Gasteiger partial charge is 0.335 e. The van der Waals surface area contributed by atoms with Crippen LogP contribution in [0.5, 0.6) is 0 Å². The number of unbranched alkanes of at least 4 members (excludes halogenated alkanes) is 5. The molecule has 1 aromatic carbocycles. The summed E-state index contributed by atoms with van der Waals surface area (Å²) in [6.45, 7) is 14.8. The molecule has 1 aliphatic rings. The minimum Gasteiger partial charge on any atom is -0.478 e. The van der Waals surface area contributed by atoms with Crippen LogP contribution in [0.15, 0.2) is 47.6 Å². The van der Waals surface area contributed by atoms with E-state index in [9.17, 15) is 15.0 Å². The van der Waals surface area contributed by atoms with Crippen LogP contribution in [0.4, 0.5) is 0 Å². The van der Waals surface area contributed by atoms with Crippen LogP contribution in [0.25, 0.3) is 5.57 Å². The fourth-order valence-corrected chi connectivity index (χ4v) is 5.48. The summed E-state index contributed by atoms with van der Waals surface area (Å²) in [7, 11) is 0. The number of hydrogen-bond acceptors (Lipinski definition) is 2. The molecule has 0 amide bonds. The quantitative estimate of drug-likeness (QED) is 0.388. The van der Waals surface area contributed by atoms with Gasteiger partial charge in [-0.15, -0.1) is 0 Å². The van der Waals surface area contributed by atoms with Gasteiger partial charge in [-0.05, 0) is 40.0 Å². The van der Waals surface area contributed by atoms with E-state index in [-0.39, 0.29) is 16.7 Å². The molecule has 0 saturated carbocycles. The number of hydrogen-bond donors (Lipinski definition) is 2. The number of carboxylic acid groups (broad SMARTS) is 1. The SMILES string of the molecule is CCCCCCCCC1(O)C(C(C)(C)C)=CC(C(=O)O)=C(c2ccccc2)C1C(C)(C)C. The molecule has 0 aliphatic heterocycles. The average molecular weight is 441 g/mol. The Morgan fingerprint density at radius 2 is 1.50 bits per heavy atom. The molecule has 0 aromatic heterocycles. The largest absolute Gasteiger partial charge is 0.478 e. The number of rotatable bonds is 9. The molecule has 1 aromatic rings. The van der Waals surface area contributed by atoms with Gasteiger partial charge in [0, 0.05) is 5.92 Å². The Balaban J connectivity index is 2.65. The normalized spacial score (nSPS) is 22.1. The zero-order valence-corrected chi connectivity index (χ0v) is 21.3. The summed E-state index contributed by atoms with van der Waals surface area (Å²) in [6.07, 6.45) is 9.34. The van der Waals surface area contributed by atoms with Gasteiger partial charge in [0.1, 0.15) is 0 Å². The van der Waals surface area contributed by atoms with Crippen molar-refractivity contribution in [2.45, 2.75) is 99.0 Å². The highest BCUT2D eigenvalue weighted by Gasteiger charge is 2.53. The predicted octanol–water partition coefficient (Wildman–Crippen LogP) is 7.65. The Hall–Kier alpha value is -1.87. The Morgan fingerprint density at radius 3 is 2.00 bits per heavy atom. The first-order valence-corrected chi connectivity index (χ1v) is 12.3. The first-order valence-electron chi connectivity index (χ1n) is 12.3. The molecular weight excluding hydrogens is 396 g/mol. The molecule has 0 radical (unpaired) electrons. The van der Waals surface area contributed by atoms with E-state index in [4.69, 9.17) is 0 Å². The van der Waals surface area contributed by atoms with Crippen LogP contribution in [0.1, 0.15) is 99.0 Å². The highest BCUT2D eigenvalue weighted by molar-refractivity contribution is 6.01. The number of carboxylic acids is 1. The van der Waals surface area contributed by atoms with Gasteiger partial charge in [-0.1, -0.05) is 117 Å². The number of carbonyl (C=O) groups is 1. The zero-order valence-electron chi connectivity index (χ0n) is 21.3. The van der Waals surface area contributed by atoms with Crippen LogP contribution in [0, 0.1) is 16.7 Å². The molecule has 0 saturated heterocycles. The monoisotopic (exact) mass is 440 g/mol. The standard InChI is InChI=1S/C29H44O3/c1-8-9-10-11-12-16-19-29(32)23(27(2,3)4)20-22(26(30)31)24(25(29)28(5,6)7)21-17-14-13-15-18-21/h13-15,17-18,20,25,32H,8-12,16,19H2,1-7H3,(H,30,31). The van der Waals surface area contributed by atoms with Crippen molar-refractivity contribution in [1.29, 1.82) is 0 Å². The number of aliphatic carboxylic acids is 1. The first kappa shape index (κ1) is 26.4. The van der Waals surface area contributed by atoms with Crippen LogP contribution in [0.2, 0.25) is 0 Å². The third kappa shape index (κ3) is 5.92. The summed E-state index contributed by atoms with van der Waals surface area (Å²) in [4.78, 5) is 12.5. The minimum atomic E-state index is -1.09. The lowest BCUT2D eigenvalue weighted by Gasteiger charge is -2.52. The van der Waals surface area contributed by atoms with Gasteiger partial charge in [0.25, 0.3) is 0 Å². The topological polar surface area (TPSA) is 57.5 Å². The molecule has 0 spiro atoms. The third-order valence-corrected chi connectivity index (χ3v) is 6.71. The second-order valence-electron chi connectivity index (χ2n) is 11.5. The van der Waals surface area contributed by atoms with Crippen molar-refractivity contribution in [2.24, 2.45) is 16.7 Å². The summed E-state index contributed by atoms with van der Waals surface area (Å²) in [5.74, 6) is -1.25. The number of aliphatic hydroxyl groups is 1. The maximum atomic E-state index is 12.5. The minimum absolute atomic E-state index is 0.314. The van der Waals surface area contributed by atoms with Gasteiger partial charge in [-0.2, -0.15) is 0 Å². The lowest BCUT2D eigenvalue weighted by Crippen LogP contribution is -2.51. The van der Waals surface area contributed by atoms with Crippen LogP contribution in [-0.4, -0.2) is 21.8 Å². The Bertz CT molecular complexity index is 833. The van der Waals surface area contributed by atoms with Crippen molar-refractivity contribution in [3.8, 4) is 0 Å². The molecule has 0 heterocycles. The maximum Gasteiger partial charge on any atom is 0.335 e. The fourth-order valence-electron chi connectivity index (χ4n) is 5.48. The molecule has 32 heavy (non-hydrogen) atoms. The molecule has 2 rings (SSSR count). The summed E-state index contributed by atoms with van der Waals surface area (Å²) in [6, 6.07) is 9.77. The molecule has 2 unspecified atom stereocenters. The zero-order chi connectivity index (χ0) is 24.2. The summed E-state index contributed by atoms with van der Waals surface area (Å²) >= 11 is 0. The lowest BCUT2D eigenvalue weighted by atomic mass is 9.55. The first-order chi connectivity index (χ1) is 14.8. The summed E-state index contributed by atoms with van der Waals surface area (Å²) in [5, 5.41) is 22.7. The van der Waals surface area contributed by atoms with Gasteiger partial charge in [0.2, 0.25) is 0 Å². The van der Waals surface area contributed by atoms with Crippen molar-refractivity contribution in [3.05, 3.63) is 53.1 Å². The van der Waals surface area contributed by atoms with Crippen LogP contribution < -0.4 is 0 Å². The van der Waals surface area contributed by atoms with Crippen LogP contribution >= 0.6 is 0 Å². The highest BCUT2D eigenvalue weighted by Crippen LogP contribution is 2.56. The van der Waals surface area contributed by atoms with Crippen molar-refractivity contribution in [3.63, 3.8) is 0 Å². The summed E-state index contributed by atoms with van der Waals surface area (Å²) < 4.78 is 0. The van der Waals surface area contributed by atoms with Gasteiger partial charge in [-0.3, -0.25) is 0 Å². The van der Waals surface area contributed by atoms with Gasteiger partial charge >= 0.3 is 5.97 Å². The fraction of sp³-hybridized carbons (Fsp3) is 0.621. The van der Waals surface area contributed by atoms with E-state index in [2.05, 4.69) is 48.5 Å². The maximum absolute atomic E-state index is 12.5. The molecule has 178 valence electrons. The molecule has 1 aliphatic carbocycles. The predicted molar refractivity (Wildman–Crippen MR) is 134 cm³/mol. The van der Waals surface area contributed by atoms with Gasteiger partial charge in [0.15, 0.2) is 0 Å².